The molecule has 7 heterocycles. The molecule has 0 amide bonds. The van der Waals surface area contributed by atoms with Crippen molar-refractivity contribution in [2.24, 2.45) is 0 Å². The summed E-state index contributed by atoms with van der Waals surface area (Å²) in [6, 6.07) is 162. The number of para-hydroxylation sites is 10. The topological polar surface area (TPSA) is 68.2 Å². The van der Waals surface area contributed by atoms with E-state index in [-0.39, 0.29) is 0 Å². The van der Waals surface area contributed by atoms with Gasteiger partial charge in [0.15, 0.2) is 11.6 Å². The Kier molecular flexibility index (Phi) is 17.1. The highest BCUT2D eigenvalue weighted by molar-refractivity contribution is 6.24. The minimum atomic E-state index is 0.574. The Hall–Kier alpha value is -16.8. The van der Waals surface area contributed by atoms with Gasteiger partial charge in [-0.3, -0.25) is 4.57 Å². The summed E-state index contributed by atoms with van der Waals surface area (Å²) in [5, 5.41) is 17.4. The molecule has 26 aromatic rings. The molecular formula is C115H75N9. The van der Waals surface area contributed by atoms with E-state index in [1.54, 1.807) is 0 Å². The summed E-state index contributed by atoms with van der Waals surface area (Å²) in [7, 11) is 0. The van der Waals surface area contributed by atoms with Crippen molar-refractivity contribution in [3.05, 3.63) is 455 Å². The molecule has 0 radical (unpaired) electrons. The van der Waals surface area contributed by atoms with E-state index in [1.165, 1.54) is 148 Å². The first-order valence-electron chi connectivity index (χ1n) is 42.2. The van der Waals surface area contributed by atoms with Gasteiger partial charge < -0.3 is 22.8 Å². The molecule has 0 N–H and O–H groups in total. The van der Waals surface area contributed by atoms with Crippen molar-refractivity contribution in [2.75, 3.05) is 0 Å². The Balaban J connectivity index is 0.000000107. The number of aromatic nitrogens is 9. The van der Waals surface area contributed by atoms with E-state index in [4.69, 9.17) is 15.0 Å². The van der Waals surface area contributed by atoms with Crippen LogP contribution < -0.4 is 0 Å². The summed E-state index contributed by atoms with van der Waals surface area (Å²) in [5.74, 6) is 1.82. The van der Waals surface area contributed by atoms with Crippen LogP contribution >= 0.6 is 0 Å². The minimum Gasteiger partial charge on any atom is -0.309 e. The molecule has 0 spiro atoms. The van der Waals surface area contributed by atoms with E-state index >= 15 is 0 Å². The van der Waals surface area contributed by atoms with Crippen molar-refractivity contribution in [3.63, 3.8) is 0 Å². The third-order valence-corrected chi connectivity index (χ3v) is 24.8. The largest absolute Gasteiger partial charge is 0.309 e. The molecule has 0 atom stereocenters. The van der Waals surface area contributed by atoms with E-state index < -0.39 is 0 Å². The molecule has 0 aliphatic rings. The van der Waals surface area contributed by atoms with Crippen LogP contribution in [0.15, 0.2) is 455 Å². The number of fused-ring (bicyclic) bond motifs is 20. The first kappa shape index (κ1) is 71.4. The molecule has 9 heteroatoms. The van der Waals surface area contributed by atoms with E-state index in [1.807, 2.05) is 24.3 Å². The lowest BCUT2D eigenvalue weighted by atomic mass is 10.0. The molecule has 9 nitrogen and oxygen atoms in total. The second kappa shape index (κ2) is 29.6. The Bertz CT molecular complexity index is 8430. The molecule has 0 fully saturated rings. The van der Waals surface area contributed by atoms with Gasteiger partial charge in [-0.05, 0) is 160 Å². The summed E-state index contributed by atoms with van der Waals surface area (Å²) in [6.07, 6.45) is 0. The SMILES string of the molecule is c1cc(-n2c3ccccc3c3ccccc32)cc(-n2c3ccccc3c3ccccc32)c1.c1ccc(-c2ccc(-c3nc(-c4ccccc4)nc(-n4c5ccccc5c5ccc6c7ccccc7n(-c7ccccc7)c6c54)n3)cc2)cc1.c1ccc(-n2c3ccccc3c3cc(-c4ccc5c(c4)c4ccccc4n5-c4ccc5ccccc5c4)ccc32)cc1. The van der Waals surface area contributed by atoms with E-state index in [0.717, 1.165) is 55.2 Å². The molecule has 19 aromatic carbocycles. The molecule has 0 unspecified atom stereocenters. The van der Waals surface area contributed by atoms with Crippen LogP contribution in [0, 0.1) is 0 Å². The molecule has 124 heavy (non-hydrogen) atoms. The van der Waals surface area contributed by atoms with Gasteiger partial charge in [-0.2, -0.15) is 9.97 Å². The highest BCUT2D eigenvalue weighted by Crippen LogP contribution is 2.45. The highest BCUT2D eigenvalue weighted by atomic mass is 15.2. The monoisotopic (exact) mass is 1580 g/mol. The van der Waals surface area contributed by atoms with E-state index in [9.17, 15) is 0 Å². The highest BCUT2D eigenvalue weighted by Gasteiger charge is 2.26. The first-order chi connectivity index (χ1) is 61.5. The molecule has 0 aliphatic carbocycles. The molecule has 7 aromatic heterocycles. The summed E-state index contributed by atoms with van der Waals surface area (Å²) in [6.45, 7) is 0. The van der Waals surface area contributed by atoms with Crippen molar-refractivity contribution in [1.29, 1.82) is 0 Å². The molecular weight excluding hydrogens is 1510 g/mol. The Morgan fingerprint density at radius 3 is 0.863 bits per heavy atom. The number of rotatable bonds is 10. The Morgan fingerprint density at radius 2 is 0.419 bits per heavy atom. The molecule has 26 rings (SSSR count). The average Bonchev–Trinajstić information content (AvgIpc) is 1.54. The minimum absolute atomic E-state index is 0.574. The fraction of sp³-hybridized carbons (Fsp3) is 0. The normalized spacial score (nSPS) is 11.7. The number of benzene rings is 19. The maximum Gasteiger partial charge on any atom is 0.238 e. The summed E-state index contributed by atoms with van der Waals surface area (Å²) in [4.78, 5) is 15.6. The lowest BCUT2D eigenvalue weighted by molar-refractivity contribution is 0.953. The molecule has 580 valence electrons. The van der Waals surface area contributed by atoms with Crippen molar-refractivity contribution in [2.45, 2.75) is 0 Å². The van der Waals surface area contributed by atoms with Crippen LogP contribution in [0.2, 0.25) is 0 Å². The molecule has 0 bridgehead atoms. The predicted octanol–water partition coefficient (Wildman–Crippen LogP) is 29.6. The Morgan fingerprint density at radius 1 is 0.137 bits per heavy atom. The summed E-state index contributed by atoms with van der Waals surface area (Å²) < 4.78 is 14.1. The maximum atomic E-state index is 5.27. The van der Waals surface area contributed by atoms with Crippen LogP contribution in [0.5, 0.6) is 0 Å². The van der Waals surface area contributed by atoms with Gasteiger partial charge in [0, 0.05) is 104 Å². The van der Waals surface area contributed by atoms with Crippen LogP contribution in [0.4, 0.5) is 0 Å². The lowest BCUT2D eigenvalue weighted by Crippen LogP contribution is -2.07. The van der Waals surface area contributed by atoms with Crippen molar-refractivity contribution >= 4 is 142 Å². The van der Waals surface area contributed by atoms with Crippen molar-refractivity contribution < 1.29 is 0 Å². The molecule has 0 aliphatic heterocycles. The second-order valence-corrected chi connectivity index (χ2v) is 31.8. The fourth-order valence-corrected chi connectivity index (χ4v) is 19.2. The van der Waals surface area contributed by atoms with Gasteiger partial charge in [0.2, 0.25) is 5.95 Å². The lowest BCUT2D eigenvalue weighted by Gasteiger charge is -2.13. The first-order valence-corrected chi connectivity index (χ1v) is 42.2. The zero-order valence-corrected chi connectivity index (χ0v) is 67.3. The second-order valence-electron chi connectivity index (χ2n) is 31.8. The van der Waals surface area contributed by atoms with Crippen LogP contribution in [0.1, 0.15) is 0 Å². The quantitative estimate of drug-likeness (QED) is 0.137. The number of nitrogens with zero attached hydrogens (tertiary/aromatic N) is 9. The van der Waals surface area contributed by atoms with Crippen LogP contribution in [0.25, 0.3) is 221 Å². The number of hydrogen-bond acceptors (Lipinski definition) is 3. The molecule has 0 saturated heterocycles. The standard InChI is InChI=1S/C45H29N5.C40H26N2.C30H20N2/c1-4-14-30(15-5-1)31-24-26-33(27-25-31)44-46-43(32-16-6-2-7-17-32)47-45(48-44)50-40-23-13-11-21-36(40)38-29-28-37-35-20-10-12-22-39(35)49(41(37)42(38)50)34-18-8-3-9-19-34;1-2-12-31(13-3-1)41-37-16-8-6-14-33(37)35-25-29(19-22-39(35)41)30-20-23-40-36(26-30)34-15-7-9-17-38(34)42(40)32-21-18-27-10-4-5-11-28(27)24-32;1-5-16-27-23(12-1)24-13-2-6-17-28(24)31(27)21-10-9-11-22(20-21)32-29-18-7-3-14-25(29)26-15-4-8-19-30(26)32/h1-29H;1-26H;1-20H. The van der Waals surface area contributed by atoms with Crippen LogP contribution in [0.3, 0.4) is 0 Å². The third kappa shape index (κ3) is 11.9. The van der Waals surface area contributed by atoms with E-state index in [0.29, 0.717) is 17.6 Å². The third-order valence-electron chi connectivity index (χ3n) is 24.8. The van der Waals surface area contributed by atoms with Crippen LogP contribution in [-0.4, -0.2) is 42.4 Å². The van der Waals surface area contributed by atoms with Crippen LogP contribution in [-0.2, 0) is 0 Å². The van der Waals surface area contributed by atoms with Crippen molar-refractivity contribution in [3.8, 4) is 79.4 Å². The summed E-state index contributed by atoms with van der Waals surface area (Å²) >= 11 is 0. The van der Waals surface area contributed by atoms with Gasteiger partial charge in [-0.15, -0.1) is 0 Å². The van der Waals surface area contributed by atoms with Gasteiger partial charge in [0.1, 0.15) is 0 Å². The smallest absolute Gasteiger partial charge is 0.238 e. The van der Waals surface area contributed by atoms with E-state index in [2.05, 4.69) is 458 Å². The number of hydrogen-bond donors (Lipinski definition) is 0. The Labute approximate surface area is 713 Å². The summed E-state index contributed by atoms with van der Waals surface area (Å²) in [5.41, 5.74) is 26.6. The van der Waals surface area contributed by atoms with Crippen molar-refractivity contribution in [1.82, 2.24) is 42.4 Å². The van der Waals surface area contributed by atoms with Gasteiger partial charge in [-0.25, -0.2) is 4.98 Å². The maximum absolute atomic E-state index is 5.27. The zero-order chi connectivity index (χ0) is 81.7. The molecule has 0 saturated carbocycles. The fourth-order valence-electron chi connectivity index (χ4n) is 19.2. The van der Waals surface area contributed by atoms with Gasteiger partial charge in [0.05, 0.1) is 66.2 Å². The van der Waals surface area contributed by atoms with Gasteiger partial charge >= 0.3 is 0 Å². The zero-order valence-electron chi connectivity index (χ0n) is 67.3. The van der Waals surface area contributed by atoms with Gasteiger partial charge in [-0.1, -0.05) is 328 Å². The predicted molar refractivity (Wildman–Crippen MR) is 518 cm³/mol. The van der Waals surface area contributed by atoms with Gasteiger partial charge in [0.25, 0.3) is 0 Å². The average molecular weight is 1580 g/mol.